The Hall–Kier alpha value is -3.04. The van der Waals surface area contributed by atoms with Crippen LogP contribution in [-0.4, -0.2) is 18.0 Å². The molecular weight excluding hydrogens is 328 g/mol. The van der Waals surface area contributed by atoms with Crippen LogP contribution in [0.25, 0.3) is 0 Å². The lowest BCUT2D eigenvalue weighted by Gasteiger charge is -2.10. The molecule has 0 aliphatic carbocycles. The van der Waals surface area contributed by atoms with Crippen LogP contribution < -0.4 is 15.4 Å². The number of nitriles is 1. The summed E-state index contributed by atoms with van der Waals surface area (Å²) in [5.74, 6) is 0.427. The first-order chi connectivity index (χ1) is 11.5. The molecule has 0 radical (unpaired) electrons. The summed E-state index contributed by atoms with van der Waals surface area (Å²) < 4.78 is 5.16. The average molecular weight is 343 g/mol. The molecule has 2 rings (SSSR count). The molecule has 0 bridgehead atoms. The largest absolute Gasteiger partial charge is 0.495 e. The summed E-state index contributed by atoms with van der Waals surface area (Å²) in [6.45, 7) is 1.87. The molecule has 2 aromatic rings. The van der Waals surface area contributed by atoms with E-state index in [2.05, 4.69) is 15.6 Å². The van der Waals surface area contributed by atoms with Crippen molar-refractivity contribution in [1.82, 2.24) is 4.98 Å². The Bertz CT molecular complexity index is 828. The van der Waals surface area contributed by atoms with Gasteiger partial charge < -0.3 is 15.4 Å². The first-order valence-corrected chi connectivity index (χ1v) is 7.36. The van der Waals surface area contributed by atoms with Gasteiger partial charge >= 0.3 is 0 Å². The third kappa shape index (κ3) is 4.24. The Morgan fingerprint density at radius 3 is 2.88 bits per heavy atom. The molecule has 0 saturated carbocycles. The van der Waals surface area contributed by atoms with Gasteiger partial charge in [-0.3, -0.25) is 4.79 Å². The topological polar surface area (TPSA) is 87.0 Å². The summed E-state index contributed by atoms with van der Waals surface area (Å²) in [6, 6.07) is 10.3. The van der Waals surface area contributed by atoms with E-state index in [1.54, 1.807) is 30.5 Å². The maximum Gasteiger partial charge on any atom is 0.267 e. The van der Waals surface area contributed by atoms with Gasteiger partial charge in [-0.15, -0.1) is 0 Å². The molecule has 0 spiro atoms. The lowest BCUT2D eigenvalue weighted by Crippen LogP contribution is -2.15. The van der Waals surface area contributed by atoms with E-state index in [-0.39, 0.29) is 5.57 Å². The van der Waals surface area contributed by atoms with Gasteiger partial charge in [0.25, 0.3) is 5.91 Å². The minimum absolute atomic E-state index is 0.109. The van der Waals surface area contributed by atoms with Gasteiger partial charge in [-0.1, -0.05) is 17.7 Å². The predicted molar refractivity (Wildman–Crippen MR) is 92.9 cm³/mol. The first kappa shape index (κ1) is 17.3. The fourth-order valence-electron chi connectivity index (χ4n) is 1.89. The van der Waals surface area contributed by atoms with Crippen molar-refractivity contribution in [1.29, 1.82) is 5.26 Å². The Balaban J connectivity index is 2.18. The van der Waals surface area contributed by atoms with Gasteiger partial charge in [0.15, 0.2) is 0 Å². The van der Waals surface area contributed by atoms with Crippen LogP contribution in [0.3, 0.4) is 0 Å². The maximum absolute atomic E-state index is 12.3. The van der Waals surface area contributed by atoms with E-state index < -0.39 is 5.91 Å². The summed E-state index contributed by atoms with van der Waals surface area (Å²) in [7, 11) is 1.48. The van der Waals surface area contributed by atoms with E-state index in [9.17, 15) is 10.1 Å². The molecule has 2 N–H and O–H groups in total. The molecule has 1 aromatic carbocycles. The van der Waals surface area contributed by atoms with Crippen molar-refractivity contribution in [3.05, 3.63) is 58.9 Å². The number of carbonyl (C=O) groups is 1. The van der Waals surface area contributed by atoms with E-state index in [0.717, 1.165) is 5.56 Å². The number of anilines is 2. The zero-order chi connectivity index (χ0) is 17.5. The summed E-state index contributed by atoms with van der Waals surface area (Å²) in [4.78, 5) is 16.4. The molecule has 0 unspecified atom stereocenters. The van der Waals surface area contributed by atoms with Gasteiger partial charge in [0.1, 0.15) is 23.2 Å². The average Bonchev–Trinajstić information content (AvgIpc) is 2.57. The van der Waals surface area contributed by atoms with Crippen LogP contribution in [0, 0.1) is 18.3 Å². The number of hydrogen-bond acceptors (Lipinski definition) is 5. The third-order valence-electron chi connectivity index (χ3n) is 3.14. The highest BCUT2D eigenvalue weighted by Gasteiger charge is 2.13. The molecule has 0 fully saturated rings. The van der Waals surface area contributed by atoms with Crippen molar-refractivity contribution >= 4 is 29.0 Å². The molecule has 1 amide bonds. The predicted octanol–water partition coefficient (Wildman–Crippen LogP) is 3.51. The standard InChI is InChI=1S/C17H15ClN4O2/c1-11-4-3-7-20-16(11)21-10-12(9-19)17(23)22-14-8-13(18)5-6-15(14)24-2/h3-8,10H,1-2H3,(H,20,21)(H,22,23)/b12-10-. The van der Waals surface area contributed by atoms with Crippen LogP contribution in [-0.2, 0) is 4.79 Å². The van der Waals surface area contributed by atoms with Crippen LogP contribution in [0.4, 0.5) is 11.5 Å². The lowest BCUT2D eigenvalue weighted by molar-refractivity contribution is -0.112. The number of aryl methyl sites for hydroxylation is 1. The number of ether oxygens (including phenoxy) is 1. The van der Waals surface area contributed by atoms with Crippen LogP contribution in [0.5, 0.6) is 5.75 Å². The highest BCUT2D eigenvalue weighted by Crippen LogP contribution is 2.28. The fourth-order valence-corrected chi connectivity index (χ4v) is 2.07. The third-order valence-corrected chi connectivity index (χ3v) is 3.37. The molecule has 0 aliphatic heterocycles. The van der Waals surface area contributed by atoms with Crippen molar-refractivity contribution in [2.24, 2.45) is 0 Å². The maximum atomic E-state index is 12.3. The van der Waals surface area contributed by atoms with E-state index in [1.807, 2.05) is 19.1 Å². The molecule has 1 heterocycles. The molecule has 1 aromatic heterocycles. The van der Waals surface area contributed by atoms with Gasteiger partial charge in [0.2, 0.25) is 0 Å². The minimum atomic E-state index is -0.584. The molecule has 0 saturated heterocycles. The summed E-state index contributed by atoms with van der Waals surface area (Å²) in [6.07, 6.45) is 2.92. The highest BCUT2D eigenvalue weighted by molar-refractivity contribution is 6.31. The van der Waals surface area contributed by atoms with E-state index >= 15 is 0 Å². The van der Waals surface area contributed by atoms with Crippen molar-refractivity contribution in [3.63, 3.8) is 0 Å². The second-order valence-electron chi connectivity index (χ2n) is 4.78. The van der Waals surface area contributed by atoms with Gasteiger partial charge in [-0.05, 0) is 36.8 Å². The first-order valence-electron chi connectivity index (χ1n) is 6.98. The normalized spacial score (nSPS) is 10.7. The number of hydrogen-bond donors (Lipinski definition) is 2. The molecule has 7 heteroatoms. The number of nitrogens with one attached hydrogen (secondary N) is 2. The van der Waals surface area contributed by atoms with Crippen LogP contribution in [0.2, 0.25) is 5.02 Å². The van der Waals surface area contributed by atoms with E-state index in [0.29, 0.717) is 22.3 Å². The smallest absolute Gasteiger partial charge is 0.267 e. The SMILES string of the molecule is COc1ccc(Cl)cc1NC(=O)/C(C#N)=C\Nc1ncccc1C. The second-order valence-corrected chi connectivity index (χ2v) is 5.22. The van der Waals surface area contributed by atoms with Crippen LogP contribution >= 0.6 is 11.6 Å². The lowest BCUT2D eigenvalue weighted by atomic mass is 10.2. The quantitative estimate of drug-likeness (QED) is 0.641. The fraction of sp³-hybridized carbons (Fsp3) is 0.118. The van der Waals surface area contributed by atoms with Gasteiger partial charge in [-0.2, -0.15) is 5.26 Å². The van der Waals surface area contributed by atoms with Crippen molar-refractivity contribution in [2.75, 3.05) is 17.7 Å². The molecule has 6 nitrogen and oxygen atoms in total. The molecular formula is C17H15ClN4O2. The molecule has 0 atom stereocenters. The minimum Gasteiger partial charge on any atom is -0.495 e. The van der Waals surface area contributed by atoms with Gasteiger partial charge in [0.05, 0.1) is 12.8 Å². The van der Waals surface area contributed by atoms with Crippen molar-refractivity contribution in [3.8, 4) is 11.8 Å². The molecule has 122 valence electrons. The number of benzene rings is 1. The van der Waals surface area contributed by atoms with Crippen molar-refractivity contribution < 1.29 is 9.53 Å². The van der Waals surface area contributed by atoms with Crippen molar-refractivity contribution in [2.45, 2.75) is 6.92 Å². The number of carbonyl (C=O) groups excluding carboxylic acids is 1. The Labute approximate surface area is 144 Å². The zero-order valence-electron chi connectivity index (χ0n) is 13.1. The number of halogens is 1. The number of pyridine rings is 1. The summed E-state index contributed by atoms with van der Waals surface area (Å²) in [5, 5.41) is 15.1. The summed E-state index contributed by atoms with van der Waals surface area (Å²) in [5.41, 5.74) is 1.16. The Kier molecular flexibility index (Phi) is 5.77. The number of rotatable bonds is 5. The Morgan fingerprint density at radius 2 is 2.21 bits per heavy atom. The monoisotopic (exact) mass is 342 g/mol. The highest BCUT2D eigenvalue weighted by atomic mass is 35.5. The second kappa shape index (κ2) is 7.99. The number of amides is 1. The van der Waals surface area contributed by atoms with Crippen LogP contribution in [0.15, 0.2) is 48.3 Å². The van der Waals surface area contributed by atoms with Gasteiger partial charge in [-0.25, -0.2) is 4.98 Å². The van der Waals surface area contributed by atoms with E-state index in [1.165, 1.54) is 13.3 Å². The Morgan fingerprint density at radius 1 is 1.42 bits per heavy atom. The van der Waals surface area contributed by atoms with Gasteiger partial charge in [0, 0.05) is 17.4 Å². The zero-order valence-corrected chi connectivity index (χ0v) is 13.9. The number of aromatic nitrogens is 1. The molecule has 0 aliphatic rings. The molecule has 24 heavy (non-hydrogen) atoms. The van der Waals surface area contributed by atoms with E-state index in [4.69, 9.17) is 16.3 Å². The van der Waals surface area contributed by atoms with Crippen LogP contribution in [0.1, 0.15) is 5.56 Å². The number of methoxy groups -OCH3 is 1. The summed E-state index contributed by atoms with van der Waals surface area (Å²) >= 11 is 5.92. The number of nitrogens with zero attached hydrogens (tertiary/aromatic N) is 2.